The van der Waals surface area contributed by atoms with Gasteiger partial charge < -0.3 is 4.42 Å². The van der Waals surface area contributed by atoms with Crippen molar-refractivity contribution < 1.29 is 9.21 Å². The highest BCUT2D eigenvalue weighted by Crippen LogP contribution is 2.31. The van der Waals surface area contributed by atoms with Crippen LogP contribution in [0.4, 0.5) is 5.69 Å². The van der Waals surface area contributed by atoms with Crippen LogP contribution >= 0.6 is 11.8 Å². The van der Waals surface area contributed by atoms with Crippen LogP contribution in [0.5, 0.6) is 0 Å². The minimum atomic E-state index is -0.103. The Bertz CT molecular complexity index is 1320. The van der Waals surface area contributed by atoms with Crippen molar-refractivity contribution >= 4 is 39.6 Å². The number of amidine groups is 1. The zero-order valence-electron chi connectivity index (χ0n) is 17.5. The number of carbonyl (C=O) groups is 1. The normalized spacial score (nSPS) is 15.3. The highest BCUT2D eigenvalue weighted by atomic mass is 32.2. The third-order valence-corrected chi connectivity index (χ3v) is 6.28. The Morgan fingerprint density at radius 1 is 1.19 bits per heavy atom. The molecule has 0 N–H and O–H groups in total. The number of rotatable bonds is 3. The number of aryl methyl sites for hydroxylation is 3. The lowest BCUT2D eigenvalue weighted by atomic mass is 10.1. The summed E-state index contributed by atoms with van der Waals surface area (Å²) in [4.78, 5) is 25.0. The predicted molar refractivity (Wildman–Crippen MR) is 123 cm³/mol. The second kappa shape index (κ2) is 7.70. The van der Waals surface area contributed by atoms with Gasteiger partial charge in [-0.1, -0.05) is 30.0 Å². The van der Waals surface area contributed by atoms with Crippen LogP contribution in [0.25, 0.3) is 22.5 Å². The fourth-order valence-electron chi connectivity index (χ4n) is 3.78. The molecule has 1 aliphatic heterocycles. The van der Waals surface area contributed by atoms with Gasteiger partial charge in [0.2, 0.25) is 0 Å². The van der Waals surface area contributed by atoms with Crippen molar-refractivity contribution in [1.82, 2.24) is 19.7 Å². The van der Waals surface area contributed by atoms with Gasteiger partial charge in [-0.15, -0.1) is 0 Å². The lowest BCUT2D eigenvalue weighted by Gasteiger charge is -2.17. The number of pyridine rings is 1. The topological polar surface area (TPSA) is 76.5 Å². The second-order valence-electron chi connectivity index (χ2n) is 7.43. The molecule has 1 saturated heterocycles. The van der Waals surface area contributed by atoms with Crippen LogP contribution in [-0.2, 0) is 7.05 Å². The molecule has 3 aromatic heterocycles. The van der Waals surface area contributed by atoms with E-state index in [0.717, 1.165) is 28.1 Å². The Balaban J connectivity index is 1.63. The van der Waals surface area contributed by atoms with Gasteiger partial charge in [-0.05, 0) is 43.7 Å². The number of aliphatic imine (C=N–C) groups is 1. The minimum Gasteiger partial charge on any atom is -0.463 e. The fourth-order valence-corrected chi connectivity index (χ4v) is 4.73. The maximum atomic E-state index is 13.8. The van der Waals surface area contributed by atoms with Crippen LogP contribution < -0.4 is 0 Å². The Hall–Kier alpha value is -3.39. The average molecular weight is 432 g/mol. The monoisotopic (exact) mass is 431 g/mol. The maximum absolute atomic E-state index is 13.8. The van der Waals surface area contributed by atoms with Gasteiger partial charge in [-0.2, -0.15) is 5.10 Å². The number of benzene rings is 1. The zero-order valence-corrected chi connectivity index (χ0v) is 18.3. The molecule has 0 spiro atoms. The number of amides is 1. The first-order valence-corrected chi connectivity index (χ1v) is 11.0. The summed E-state index contributed by atoms with van der Waals surface area (Å²) in [5.74, 6) is 1.31. The first kappa shape index (κ1) is 19.6. The number of thioether (sulfide) groups is 1. The van der Waals surface area contributed by atoms with Crippen molar-refractivity contribution in [3.8, 4) is 11.5 Å². The number of aromatic nitrogens is 3. The Labute approximate surface area is 183 Å². The molecule has 0 atom stereocenters. The number of nitrogens with zero attached hydrogens (tertiary/aromatic N) is 5. The molecule has 0 radical (unpaired) electrons. The Morgan fingerprint density at radius 3 is 2.81 bits per heavy atom. The number of furan rings is 1. The number of hydrogen-bond acceptors (Lipinski definition) is 6. The van der Waals surface area contributed by atoms with Crippen molar-refractivity contribution in [2.24, 2.45) is 12.0 Å². The molecule has 156 valence electrons. The van der Waals surface area contributed by atoms with Gasteiger partial charge in [0.15, 0.2) is 16.6 Å². The van der Waals surface area contributed by atoms with Crippen molar-refractivity contribution in [2.75, 3.05) is 12.3 Å². The Kier molecular flexibility index (Phi) is 4.86. The molecule has 4 heterocycles. The number of para-hydroxylation sites is 1. The van der Waals surface area contributed by atoms with Gasteiger partial charge in [0.05, 0.1) is 28.6 Å². The fraction of sp³-hybridized carbons (Fsp3) is 0.217. The first-order chi connectivity index (χ1) is 15.0. The summed E-state index contributed by atoms with van der Waals surface area (Å²) in [7, 11) is 1.83. The van der Waals surface area contributed by atoms with Gasteiger partial charge in [0.25, 0.3) is 5.91 Å². The van der Waals surface area contributed by atoms with Gasteiger partial charge in [-0.3, -0.25) is 14.4 Å². The van der Waals surface area contributed by atoms with Crippen LogP contribution in [0, 0.1) is 13.8 Å². The second-order valence-corrected chi connectivity index (χ2v) is 8.49. The molecule has 0 aliphatic carbocycles. The van der Waals surface area contributed by atoms with Crippen molar-refractivity contribution in [3.05, 3.63) is 65.5 Å². The molecule has 1 aromatic carbocycles. The molecule has 4 aromatic rings. The molecule has 0 bridgehead atoms. The van der Waals surface area contributed by atoms with E-state index < -0.39 is 0 Å². The molecule has 1 fully saturated rings. The molecule has 8 heteroatoms. The van der Waals surface area contributed by atoms with Gasteiger partial charge in [0.1, 0.15) is 5.69 Å². The summed E-state index contributed by atoms with van der Waals surface area (Å²) < 4.78 is 7.25. The third-order valence-electron chi connectivity index (χ3n) is 5.33. The van der Waals surface area contributed by atoms with Crippen molar-refractivity contribution in [2.45, 2.75) is 13.8 Å². The van der Waals surface area contributed by atoms with Crippen molar-refractivity contribution in [3.63, 3.8) is 0 Å². The zero-order chi connectivity index (χ0) is 21.5. The molecule has 31 heavy (non-hydrogen) atoms. The van der Waals surface area contributed by atoms with E-state index in [1.165, 1.54) is 0 Å². The van der Waals surface area contributed by atoms with Crippen LogP contribution in [0.2, 0.25) is 0 Å². The molecule has 1 amide bonds. The summed E-state index contributed by atoms with van der Waals surface area (Å²) in [5, 5.41) is 5.97. The number of carbonyl (C=O) groups excluding carboxylic acids is 1. The summed E-state index contributed by atoms with van der Waals surface area (Å²) in [6, 6.07) is 13.4. The molecule has 1 aliphatic rings. The van der Waals surface area contributed by atoms with E-state index in [2.05, 4.69) is 5.10 Å². The maximum Gasteiger partial charge on any atom is 0.260 e. The molecular weight excluding hydrogens is 410 g/mol. The highest BCUT2D eigenvalue weighted by Gasteiger charge is 2.30. The molecular formula is C23H21N5O2S. The summed E-state index contributed by atoms with van der Waals surface area (Å²) in [6.07, 6.45) is 1.60. The smallest absolute Gasteiger partial charge is 0.260 e. The van der Waals surface area contributed by atoms with Gasteiger partial charge in [-0.25, -0.2) is 9.98 Å². The van der Waals surface area contributed by atoms with Crippen molar-refractivity contribution in [1.29, 1.82) is 0 Å². The third kappa shape index (κ3) is 3.42. The van der Waals surface area contributed by atoms with Crippen LogP contribution in [0.15, 0.2) is 58.1 Å². The molecule has 7 nitrogen and oxygen atoms in total. The standard InChI is InChI=1S/C23H21N5O2S/c1-14-7-4-5-8-17(14)25-23-28(10-12-31-23)22(29)16-13-18(19-9-6-11-30-19)24-21-20(16)15(2)26-27(21)3/h4-9,11,13H,10,12H2,1-3H3. The summed E-state index contributed by atoms with van der Waals surface area (Å²) in [6.45, 7) is 4.52. The van der Waals surface area contributed by atoms with E-state index in [1.807, 2.05) is 51.2 Å². The van der Waals surface area contributed by atoms with Gasteiger partial charge in [0, 0.05) is 19.3 Å². The van der Waals surface area contributed by atoms with Crippen LogP contribution in [0.3, 0.4) is 0 Å². The van der Waals surface area contributed by atoms with E-state index in [9.17, 15) is 4.79 Å². The SMILES string of the molecule is Cc1ccccc1N=C1SCCN1C(=O)c1cc(-c2ccco2)nc2c1c(C)nn2C. The molecule has 0 saturated carbocycles. The highest BCUT2D eigenvalue weighted by molar-refractivity contribution is 8.14. The minimum absolute atomic E-state index is 0.103. The predicted octanol–water partition coefficient (Wildman–Crippen LogP) is 4.72. The van der Waals surface area contributed by atoms with Crippen LogP contribution in [0.1, 0.15) is 21.6 Å². The molecule has 5 rings (SSSR count). The summed E-state index contributed by atoms with van der Waals surface area (Å²) >= 11 is 1.59. The number of fused-ring (bicyclic) bond motifs is 1. The van der Waals surface area contributed by atoms with E-state index in [0.29, 0.717) is 34.4 Å². The lowest BCUT2D eigenvalue weighted by molar-refractivity contribution is 0.0861. The average Bonchev–Trinajstić information content (AvgIpc) is 3.50. The largest absolute Gasteiger partial charge is 0.463 e. The van der Waals surface area contributed by atoms with E-state index in [-0.39, 0.29) is 5.91 Å². The lowest BCUT2D eigenvalue weighted by Crippen LogP contribution is -2.32. The Morgan fingerprint density at radius 2 is 2.03 bits per heavy atom. The van der Waals surface area contributed by atoms with E-state index in [4.69, 9.17) is 14.4 Å². The number of hydrogen-bond donors (Lipinski definition) is 0. The van der Waals surface area contributed by atoms with Gasteiger partial charge >= 0.3 is 0 Å². The first-order valence-electron chi connectivity index (χ1n) is 10.00. The van der Waals surface area contributed by atoms with Crippen LogP contribution in [-0.4, -0.2) is 43.0 Å². The quantitative estimate of drug-likeness (QED) is 0.469. The van der Waals surface area contributed by atoms with E-state index in [1.54, 1.807) is 39.7 Å². The summed E-state index contributed by atoms with van der Waals surface area (Å²) in [5.41, 5.74) is 4.53. The van der Waals surface area contributed by atoms with E-state index >= 15 is 0 Å². The molecule has 0 unspecified atom stereocenters.